The molecule has 0 radical (unpaired) electrons. The van der Waals surface area contributed by atoms with Gasteiger partial charge in [0.05, 0.1) is 28.7 Å². The first-order chi connectivity index (χ1) is 15.8. The zero-order valence-electron chi connectivity index (χ0n) is 16.8. The van der Waals surface area contributed by atoms with Crippen molar-refractivity contribution in [3.63, 3.8) is 0 Å². The molecule has 3 aromatic carbocycles. The molecule has 0 saturated heterocycles. The molecular weight excluding hydrogens is 498 g/mol. The Labute approximate surface area is 195 Å². The topological polar surface area (TPSA) is 149 Å². The van der Waals surface area contributed by atoms with Crippen LogP contribution in [0.3, 0.4) is 0 Å². The number of hydrogen-bond acceptors (Lipinski definition) is 8. The SMILES string of the molecule is O=C(CNc1ccc(Br)cc1)N/N=C\c1ccc(Oc2ccc([N+](=O)[O-])cc2[N+](=O)[O-])cc1. The van der Waals surface area contributed by atoms with Gasteiger partial charge < -0.3 is 10.1 Å². The molecule has 11 nitrogen and oxygen atoms in total. The van der Waals surface area contributed by atoms with Gasteiger partial charge in [-0.25, -0.2) is 5.43 Å². The van der Waals surface area contributed by atoms with E-state index in [1.54, 1.807) is 24.3 Å². The molecule has 168 valence electrons. The highest BCUT2D eigenvalue weighted by Crippen LogP contribution is 2.34. The summed E-state index contributed by atoms with van der Waals surface area (Å²) >= 11 is 3.34. The number of anilines is 1. The van der Waals surface area contributed by atoms with Gasteiger partial charge in [0, 0.05) is 16.2 Å². The fourth-order valence-electron chi connectivity index (χ4n) is 2.57. The Morgan fingerprint density at radius 1 is 1.00 bits per heavy atom. The fraction of sp³-hybridized carbons (Fsp3) is 0.0476. The van der Waals surface area contributed by atoms with E-state index in [9.17, 15) is 25.0 Å². The Kier molecular flexibility index (Phi) is 7.65. The van der Waals surface area contributed by atoms with Crippen LogP contribution in [0.4, 0.5) is 17.1 Å². The van der Waals surface area contributed by atoms with Crippen molar-refractivity contribution in [1.29, 1.82) is 0 Å². The van der Waals surface area contributed by atoms with E-state index in [1.807, 2.05) is 24.3 Å². The van der Waals surface area contributed by atoms with Crippen LogP contribution in [0.2, 0.25) is 0 Å². The van der Waals surface area contributed by atoms with Crippen molar-refractivity contribution >= 4 is 45.1 Å². The lowest BCUT2D eigenvalue weighted by Crippen LogP contribution is -2.25. The first-order valence-electron chi connectivity index (χ1n) is 9.34. The van der Waals surface area contributed by atoms with Gasteiger partial charge in [-0.15, -0.1) is 0 Å². The van der Waals surface area contributed by atoms with E-state index in [1.165, 1.54) is 12.3 Å². The van der Waals surface area contributed by atoms with Crippen molar-refractivity contribution < 1.29 is 19.4 Å². The van der Waals surface area contributed by atoms with E-state index in [4.69, 9.17) is 4.74 Å². The zero-order valence-corrected chi connectivity index (χ0v) is 18.4. The van der Waals surface area contributed by atoms with E-state index in [0.717, 1.165) is 22.3 Å². The lowest BCUT2D eigenvalue weighted by atomic mass is 10.2. The summed E-state index contributed by atoms with van der Waals surface area (Å²) in [5.74, 6) is -0.177. The molecule has 0 aliphatic rings. The lowest BCUT2D eigenvalue weighted by molar-refractivity contribution is -0.394. The van der Waals surface area contributed by atoms with E-state index in [-0.39, 0.29) is 24.0 Å². The Bertz CT molecular complexity index is 1200. The molecule has 1 amide bonds. The summed E-state index contributed by atoms with van der Waals surface area (Å²) in [5, 5.41) is 28.9. The maximum absolute atomic E-state index is 11.9. The van der Waals surface area contributed by atoms with Gasteiger partial charge in [-0.3, -0.25) is 25.0 Å². The number of halogens is 1. The number of rotatable bonds is 9. The third-order valence-electron chi connectivity index (χ3n) is 4.16. The van der Waals surface area contributed by atoms with Crippen molar-refractivity contribution in [3.8, 4) is 11.5 Å². The van der Waals surface area contributed by atoms with E-state index < -0.39 is 21.2 Å². The molecule has 0 atom stereocenters. The number of non-ortho nitro benzene ring substituents is 1. The third-order valence-corrected chi connectivity index (χ3v) is 4.69. The molecule has 3 rings (SSSR count). The molecule has 0 heterocycles. The summed E-state index contributed by atoms with van der Waals surface area (Å²) in [6.07, 6.45) is 1.43. The molecule has 0 fully saturated rings. The average Bonchev–Trinajstić information content (AvgIpc) is 2.80. The van der Waals surface area contributed by atoms with Gasteiger partial charge in [-0.05, 0) is 60.2 Å². The largest absolute Gasteiger partial charge is 0.450 e. The van der Waals surface area contributed by atoms with E-state index in [2.05, 4.69) is 31.8 Å². The average molecular weight is 514 g/mol. The highest BCUT2D eigenvalue weighted by Gasteiger charge is 2.21. The van der Waals surface area contributed by atoms with Gasteiger partial charge in [0.25, 0.3) is 11.6 Å². The number of amides is 1. The molecule has 0 spiro atoms. The van der Waals surface area contributed by atoms with Crippen LogP contribution >= 0.6 is 15.9 Å². The van der Waals surface area contributed by atoms with Crippen molar-refractivity contribution in [3.05, 3.63) is 97.0 Å². The molecule has 0 aromatic heterocycles. The van der Waals surface area contributed by atoms with Crippen LogP contribution < -0.4 is 15.5 Å². The Morgan fingerprint density at radius 3 is 2.33 bits per heavy atom. The number of hydrazone groups is 1. The first-order valence-corrected chi connectivity index (χ1v) is 10.1. The van der Waals surface area contributed by atoms with Gasteiger partial charge in [0.1, 0.15) is 5.75 Å². The molecule has 0 bridgehead atoms. The number of ether oxygens (including phenoxy) is 1. The minimum atomic E-state index is -0.752. The Hall–Kier alpha value is -4.32. The molecule has 12 heteroatoms. The molecule has 33 heavy (non-hydrogen) atoms. The van der Waals surface area contributed by atoms with Crippen LogP contribution in [0, 0.1) is 20.2 Å². The molecule has 2 N–H and O–H groups in total. The highest BCUT2D eigenvalue weighted by atomic mass is 79.9. The number of nitrogens with zero attached hydrogens (tertiary/aromatic N) is 3. The maximum Gasteiger partial charge on any atom is 0.318 e. The number of benzene rings is 3. The predicted octanol–water partition coefficient (Wildman–Crippen LogP) is 4.62. The van der Waals surface area contributed by atoms with Crippen LogP contribution in [0.1, 0.15) is 5.56 Å². The summed E-state index contributed by atoms with van der Waals surface area (Å²) in [6.45, 7) is 0.0414. The number of nitrogens with one attached hydrogen (secondary N) is 2. The van der Waals surface area contributed by atoms with Crippen LogP contribution in [0.25, 0.3) is 0 Å². The number of carbonyl (C=O) groups excluding carboxylic acids is 1. The summed E-state index contributed by atoms with van der Waals surface area (Å²) in [4.78, 5) is 32.4. The van der Waals surface area contributed by atoms with Crippen molar-refractivity contribution in [2.45, 2.75) is 0 Å². The summed E-state index contributed by atoms with van der Waals surface area (Å²) < 4.78 is 6.43. The Balaban J connectivity index is 1.55. The summed E-state index contributed by atoms with van der Waals surface area (Å²) in [7, 11) is 0. The van der Waals surface area contributed by atoms with Crippen LogP contribution in [-0.4, -0.2) is 28.5 Å². The molecule has 3 aromatic rings. The highest BCUT2D eigenvalue weighted by molar-refractivity contribution is 9.10. The van der Waals surface area contributed by atoms with Gasteiger partial charge in [0.2, 0.25) is 5.75 Å². The van der Waals surface area contributed by atoms with Gasteiger partial charge >= 0.3 is 5.69 Å². The third kappa shape index (κ3) is 6.83. The van der Waals surface area contributed by atoms with Crippen LogP contribution in [-0.2, 0) is 4.79 Å². The molecule has 0 unspecified atom stereocenters. The quantitative estimate of drug-likeness (QED) is 0.240. The predicted molar refractivity (Wildman–Crippen MR) is 125 cm³/mol. The number of carbonyl (C=O) groups is 1. The molecule has 0 aliphatic heterocycles. The number of hydrogen-bond donors (Lipinski definition) is 2. The summed E-state index contributed by atoms with van der Waals surface area (Å²) in [5.41, 5.74) is 2.91. The van der Waals surface area contributed by atoms with Gasteiger partial charge in [-0.1, -0.05) is 15.9 Å². The Morgan fingerprint density at radius 2 is 1.70 bits per heavy atom. The van der Waals surface area contributed by atoms with E-state index >= 15 is 0 Å². The van der Waals surface area contributed by atoms with Crippen molar-refractivity contribution in [1.82, 2.24) is 5.43 Å². The number of nitro benzene ring substituents is 2. The zero-order chi connectivity index (χ0) is 23.8. The van der Waals surface area contributed by atoms with Gasteiger partial charge in [0.15, 0.2) is 0 Å². The second kappa shape index (κ2) is 10.8. The van der Waals surface area contributed by atoms with E-state index in [0.29, 0.717) is 5.56 Å². The minimum absolute atomic E-state index is 0.0414. The van der Waals surface area contributed by atoms with Crippen molar-refractivity contribution in [2.24, 2.45) is 5.10 Å². The molecule has 0 saturated carbocycles. The minimum Gasteiger partial charge on any atom is -0.450 e. The molecular formula is C21H16BrN5O6. The van der Waals surface area contributed by atoms with Gasteiger partial charge in [-0.2, -0.15) is 5.10 Å². The van der Waals surface area contributed by atoms with Crippen LogP contribution in [0.5, 0.6) is 11.5 Å². The monoisotopic (exact) mass is 513 g/mol. The smallest absolute Gasteiger partial charge is 0.318 e. The second-order valence-electron chi connectivity index (χ2n) is 6.49. The standard InChI is InChI=1S/C21H16BrN5O6/c22-15-3-5-16(6-4-15)23-13-21(28)25-24-12-14-1-8-18(9-2-14)33-20-10-7-17(26(29)30)11-19(20)27(31)32/h1-12,23H,13H2,(H,25,28)/b24-12-. The first kappa shape index (κ1) is 23.3. The normalized spacial score (nSPS) is 10.6. The maximum atomic E-state index is 11.9. The summed E-state index contributed by atoms with van der Waals surface area (Å²) in [6, 6.07) is 16.8. The molecule has 0 aliphatic carbocycles. The van der Waals surface area contributed by atoms with Crippen molar-refractivity contribution in [2.75, 3.05) is 11.9 Å². The number of nitro groups is 2. The second-order valence-corrected chi connectivity index (χ2v) is 7.41. The van der Waals surface area contributed by atoms with Crippen LogP contribution in [0.15, 0.2) is 76.3 Å². The fourth-order valence-corrected chi connectivity index (χ4v) is 2.83. The lowest BCUT2D eigenvalue weighted by Gasteiger charge is -2.06.